The Morgan fingerprint density at radius 1 is 0.967 bits per heavy atom. The summed E-state index contributed by atoms with van der Waals surface area (Å²) in [5, 5.41) is 0. The highest BCUT2D eigenvalue weighted by Gasteiger charge is 2.33. The van der Waals surface area contributed by atoms with E-state index in [0.29, 0.717) is 12.1 Å². The molecule has 3 aromatic rings. The van der Waals surface area contributed by atoms with Gasteiger partial charge in [-0.2, -0.15) is 0 Å². The molecule has 0 spiro atoms. The fourth-order valence-electron chi connectivity index (χ4n) is 4.85. The van der Waals surface area contributed by atoms with Gasteiger partial charge >= 0.3 is 0 Å². The van der Waals surface area contributed by atoms with Crippen molar-refractivity contribution < 1.29 is 4.74 Å². The van der Waals surface area contributed by atoms with E-state index in [1.807, 2.05) is 0 Å². The first-order valence-electron chi connectivity index (χ1n) is 10.9. The molecule has 3 aromatic carbocycles. The third-order valence-corrected chi connectivity index (χ3v) is 7.21. The smallest absolute Gasteiger partial charge is 0.119 e. The number of methoxy groups -OCH3 is 1. The number of rotatable bonds is 5. The van der Waals surface area contributed by atoms with Gasteiger partial charge in [-0.3, -0.25) is 0 Å². The van der Waals surface area contributed by atoms with Gasteiger partial charge in [0, 0.05) is 10.2 Å². The zero-order valence-electron chi connectivity index (χ0n) is 17.6. The molecule has 1 saturated carbocycles. The van der Waals surface area contributed by atoms with Crippen LogP contribution in [0.3, 0.4) is 0 Å². The number of hydrogen-bond acceptors (Lipinski definition) is 2. The van der Waals surface area contributed by atoms with E-state index in [1.54, 1.807) is 7.11 Å². The third-order valence-electron chi connectivity index (χ3n) is 6.68. The molecule has 1 aliphatic heterocycles. The van der Waals surface area contributed by atoms with E-state index in [1.165, 1.54) is 47.2 Å². The van der Waals surface area contributed by atoms with Crippen LogP contribution in [0.25, 0.3) is 0 Å². The van der Waals surface area contributed by atoms with Gasteiger partial charge in [-0.1, -0.05) is 46.3 Å². The first kappa shape index (κ1) is 19.7. The van der Waals surface area contributed by atoms with Gasteiger partial charge < -0.3 is 9.64 Å². The summed E-state index contributed by atoms with van der Waals surface area (Å²) in [7, 11) is 1.75. The number of anilines is 1. The maximum absolute atomic E-state index is 5.51. The summed E-state index contributed by atoms with van der Waals surface area (Å²) in [4.78, 5) is 2.60. The zero-order valence-corrected chi connectivity index (χ0v) is 19.2. The summed E-state index contributed by atoms with van der Waals surface area (Å²) in [5.41, 5.74) is 6.90. The minimum absolute atomic E-state index is 0.294. The maximum Gasteiger partial charge on any atom is 0.119 e. The highest BCUT2D eigenvalue weighted by molar-refractivity contribution is 9.10. The Morgan fingerprint density at radius 2 is 1.70 bits per heavy atom. The number of ether oxygens (including phenoxy) is 1. The molecule has 30 heavy (non-hydrogen) atoms. The van der Waals surface area contributed by atoms with Crippen LogP contribution in [0, 0.1) is 5.92 Å². The summed E-state index contributed by atoms with van der Waals surface area (Å²) >= 11 is 3.59. The molecule has 2 aliphatic rings. The van der Waals surface area contributed by atoms with Gasteiger partial charge in [0.05, 0.1) is 19.2 Å². The molecule has 0 saturated heterocycles. The van der Waals surface area contributed by atoms with Crippen LogP contribution in [0.5, 0.6) is 5.75 Å². The average molecular weight is 462 g/mol. The SMILES string of the molecule is COc1ccc2c(c1)CC(c1ccc(Br)cc1)N(c1ccc(CC3CC3)cc1)C2C. The Bertz CT molecular complexity index is 1020. The second-order valence-corrected chi connectivity index (χ2v) is 9.65. The molecule has 0 amide bonds. The molecule has 0 bridgehead atoms. The summed E-state index contributed by atoms with van der Waals surface area (Å²) in [5.74, 6) is 1.86. The normalized spacial score (nSPS) is 20.7. The van der Waals surface area contributed by atoms with Crippen LogP contribution in [-0.2, 0) is 12.8 Å². The van der Waals surface area contributed by atoms with E-state index >= 15 is 0 Å². The van der Waals surface area contributed by atoms with Gasteiger partial charge in [0.1, 0.15) is 5.75 Å². The van der Waals surface area contributed by atoms with Crippen molar-refractivity contribution in [3.63, 3.8) is 0 Å². The van der Waals surface area contributed by atoms with E-state index in [0.717, 1.165) is 22.6 Å². The molecular formula is C27H28BrNO. The predicted octanol–water partition coefficient (Wildman–Crippen LogP) is 7.28. The lowest BCUT2D eigenvalue weighted by Gasteiger charge is -2.44. The van der Waals surface area contributed by atoms with E-state index < -0.39 is 0 Å². The van der Waals surface area contributed by atoms with E-state index in [2.05, 4.69) is 94.5 Å². The molecule has 0 radical (unpaired) electrons. The van der Waals surface area contributed by atoms with Crippen LogP contribution < -0.4 is 9.64 Å². The Kier molecular flexibility index (Phi) is 5.32. The van der Waals surface area contributed by atoms with Crippen molar-refractivity contribution in [3.05, 3.63) is 93.5 Å². The lowest BCUT2D eigenvalue weighted by atomic mass is 9.85. The monoisotopic (exact) mass is 461 g/mol. The van der Waals surface area contributed by atoms with Crippen molar-refractivity contribution in [2.45, 2.75) is 44.7 Å². The van der Waals surface area contributed by atoms with Crippen LogP contribution in [0.2, 0.25) is 0 Å². The van der Waals surface area contributed by atoms with Gasteiger partial charge in [-0.25, -0.2) is 0 Å². The molecule has 1 aliphatic carbocycles. The number of hydrogen-bond donors (Lipinski definition) is 0. The minimum Gasteiger partial charge on any atom is -0.497 e. The van der Waals surface area contributed by atoms with Crippen molar-refractivity contribution in [2.75, 3.05) is 12.0 Å². The molecule has 0 aromatic heterocycles. The first-order valence-corrected chi connectivity index (χ1v) is 11.7. The first-order chi connectivity index (χ1) is 14.6. The molecule has 2 nitrogen and oxygen atoms in total. The summed E-state index contributed by atoms with van der Waals surface area (Å²) in [6.07, 6.45) is 5.00. The number of nitrogens with zero attached hydrogens (tertiary/aromatic N) is 1. The lowest BCUT2D eigenvalue weighted by Crippen LogP contribution is -2.37. The molecule has 0 N–H and O–H groups in total. The van der Waals surface area contributed by atoms with E-state index in [-0.39, 0.29) is 0 Å². The van der Waals surface area contributed by atoms with Crippen molar-refractivity contribution >= 4 is 21.6 Å². The third kappa shape index (κ3) is 3.88. The van der Waals surface area contributed by atoms with Crippen LogP contribution in [0.4, 0.5) is 5.69 Å². The number of benzene rings is 3. The lowest BCUT2D eigenvalue weighted by molar-refractivity contribution is 0.412. The Hall–Kier alpha value is -2.26. The maximum atomic E-state index is 5.51. The van der Waals surface area contributed by atoms with Crippen LogP contribution in [0.15, 0.2) is 71.2 Å². The van der Waals surface area contributed by atoms with E-state index in [9.17, 15) is 0 Å². The molecule has 154 valence electrons. The van der Waals surface area contributed by atoms with Crippen molar-refractivity contribution in [2.24, 2.45) is 5.92 Å². The predicted molar refractivity (Wildman–Crippen MR) is 127 cm³/mol. The van der Waals surface area contributed by atoms with Crippen LogP contribution >= 0.6 is 15.9 Å². The average Bonchev–Trinajstić information content (AvgIpc) is 3.58. The van der Waals surface area contributed by atoms with Gasteiger partial charge in [-0.15, -0.1) is 0 Å². The van der Waals surface area contributed by atoms with Crippen LogP contribution in [0.1, 0.15) is 54.1 Å². The summed E-state index contributed by atoms with van der Waals surface area (Å²) in [6, 6.07) is 25.3. The molecular weight excluding hydrogens is 434 g/mol. The summed E-state index contributed by atoms with van der Waals surface area (Å²) in [6.45, 7) is 2.33. The highest BCUT2D eigenvalue weighted by Crippen LogP contribution is 2.44. The molecule has 2 unspecified atom stereocenters. The van der Waals surface area contributed by atoms with E-state index in [4.69, 9.17) is 4.74 Å². The fraction of sp³-hybridized carbons (Fsp3) is 0.333. The van der Waals surface area contributed by atoms with Gasteiger partial charge in [0.15, 0.2) is 0 Å². The zero-order chi connectivity index (χ0) is 20.7. The van der Waals surface area contributed by atoms with Crippen molar-refractivity contribution in [3.8, 4) is 5.75 Å². The van der Waals surface area contributed by atoms with Gasteiger partial charge in [0.2, 0.25) is 0 Å². The highest BCUT2D eigenvalue weighted by atomic mass is 79.9. The standard InChI is InChI=1S/C27H28BrNO/c1-18-26-14-13-25(30-2)16-22(26)17-27(21-7-9-23(28)10-8-21)29(18)24-11-5-20(6-12-24)15-19-3-4-19/h5-14,16,18-19,27H,3-4,15,17H2,1-2H3. The van der Waals surface area contributed by atoms with Crippen LogP contribution in [-0.4, -0.2) is 7.11 Å². The quantitative estimate of drug-likeness (QED) is 0.395. The topological polar surface area (TPSA) is 12.5 Å². The van der Waals surface area contributed by atoms with Gasteiger partial charge in [0.25, 0.3) is 0 Å². The fourth-order valence-corrected chi connectivity index (χ4v) is 5.11. The minimum atomic E-state index is 0.294. The molecule has 3 heteroatoms. The largest absolute Gasteiger partial charge is 0.497 e. The summed E-state index contributed by atoms with van der Waals surface area (Å²) < 4.78 is 6.63. The van der Waals surface area contributed by atoms with Crippen molar-refractivity contribution in [1.29, 1.82) is 0 Å². The Labute approximate surface area is 188 Å². The van der Waals surface area contributed by atoms with Crippen molar-refractivity contribution in [1.82, 2.24) is 0 Å². The Morgan fingerprint density at radius 3 is 2.37 bits per heavy atom. The molecule has 1 fully saturated rings. The Balaban J connectivity index is 1.54. The van der Waals surface area contributed by atoms with Gasteiger partial charge in [-0.05, 0) is 97.2 Å². The second-order valence-electron chi connectivity index (χ2n) is 8.73. The number of fused-ring (bicyclic) bond motifs is 1. The molecule has 1 heterocycles. The number of halogens is 1. The second kappa shape index (κ2) is 8.11. The molecule has 2 atom stereocenters. The molecule has 5 rings (SSSR count).